The molecule has 2 rings (SSSR count). The Morgan fingerprint density at radius 1 is 1.29 bits per heavy atom. The van der Waals surface area contributed by atoms with Crippen molar-refractivity contribution in [3.8, 4) is 5.75 Å². The monoisotopic (exact) mass is 432 g/mol. The number of carbonyl (C=O) groups excluding carboxylic acids is 1. The molecule has 4 N–H and O–H groups in total. The number of carbonyl (C=O) groups is 1. The molecular weight excluding hydrogens is 423 g/mol. The fraction of sp³-hybridized carbons (Fsp3) is 0. The maximum absolute atomic E-state index is 10.6. The molecule has 0 bridgehead atoms. The molecule has 0 aliphatic carbocycles. The van der Waals surface area contributed by atoms with Gasteiger partial charge in [-0.1, -0.05) is 33.6 Å². The maximum atomic E-state index is 10.6. The Morgan fingerprint density at radius 2 is 1.95 bits per heavy atom. The number of rotatable bonds is 2. The number of hydrogen-bond donors (Lipinski definition) is 3. The summed E-state index contributed by atoms with van der Waals surface area (Å²) in [6, 6.07) is 10.1. The number of nitrogens with two attached hydrogens (primary N) is 1. The summed E-state index contributed by atoms with van der Waals surface area (Å²) in [5.41, 5.74) is 5.95. The van der Waals surface area contributed by atoms with Gasteiger partial charge in [0.1, 0.15) is 5.75 Å². The van der Waals surface area contributed by atoms with Gasteiger partial charge in [0.2, 0.25) is 5.91 Å². The highest BCUT2D eigenvalue weighted by Crippen LogP contribution is 2.30. The van der Waals surface area contributed by atoms with E-state index in [1.807, 2.05) is 6.07 Å². The van der Waals surface area contributed by atoms with E-state index in [0.717, 1.165) is 10.7 Å². The molecule has 0 atom stereocenters. The first-order valence-corrected chi connectivity index (χ1v) is 7.55. The minimum Gasteiger partial charge on any atom is -0.506 e. The fourth-order valence-corrected chi connectivity index (χ4v) is 2.57. The summed E-state index contributed by atoms with van der Waals surface area (Å²) in [5.74, 6) is -0.356. The zero-order valence-corrected chi connectivity index (χ0v) is 14.5. The van der Waals surface area contributed by atoms with Gasteiger partial charge in [0.25, 0.3) is 0 Å². The van der Waals surface area contributed by atoms with Crippen molar-refractivity contribution in [2.24, 2.45) is 5.73 Å². The normalized spacial score (nSPS) is 9.48. The summed E-state index contributed by atoms with van der Waals surface area (Å²) in [5, 5.41) is 16.7. The SMILES string of the molecule is N=Cc1cc(Cl)cc(Br)c1O.NC(=O)c1cccc(Br)c1. The Morgan fingerprint density at radius 3 is 2.43 bits per heavy atom. The molecule has 21 heavy (non-hydrogen) atoms. The molecule has 0 saturated carbocycles. The molecule has 0 saturated heterocycles. The molecule has 1 amide bonds. The quantitative estimate of drug-likeness (QED) is 0.614. The van der Waals surface area contributed by atoms with Crippen molar-refractivity contribution in [1.29, 1.82) is 5.41 Å². The zero-order chi connectivity index (χ0) is 16.0. The highest BCUT2D eigenvalue weighted by molar-refractivity contribution is 9.10. The van der Waals surface area contributed by atoms with Crippen LogP contribution in [0.15, 0.2) is 45.3 Å². The highest BCUT2D eigenvalue weighted by atomic mass is 79.9. The van der Waals surface area contributed by atoms with Gasteiger partial charge < -0.3 is 16.2 Å². The summed E-state index contributed by atoms with van der Waals surface area (Å²) in [4.78, 5) is 10.6. The van der Waals surface area contributed by atoms with E-state index in [4.69, 9.17) is 22.7 Å². The maximum Gasteiger partial charge on any atom is 0.248 e. The lowest BCUT2D eigenvalue weighted by Crippen LogP contribution is -2.10. The third kappa shape index (κ3) is 5.49. The molecular formula is C14H11Br2ClN2O2. The van der Waals surface area contributed by atoms with Gasteiger partial charge in [-0.05, 0) is 46.3 Å². The molecule has 2 aromatic carbocycles. The molecule has 0 aliphatic heterocycles. The Labute approximate surface area is 143 Å². The Hall–Kier alpha value is -1.37. The fourth-order valence-electron chi connectivity index (χ4n) is 1.34. The van der Waals surface area contributed by atoms with Crippen molar-refractivity contribution < 1.29 is 9.90 Å². The first-order valence-electron chi connectivity index (χ1n) is 5.59. The highest BCUT2D eigenvalue weighted by Gasteiger charge is 2.04. The summed E-state index contributed by atoms with van der Waals surface area (Å²) in [6.07, 6.45) is 1.05. The van der Waals surface area contributed by atoms with E-state index in [1.54, 1.807) is 24.3 Å². The van der Waals surface area contributed by atoms with E-state index in [-0.39, 0.29) is 5.75 Å². The molecule has 0 unspecified atom stereocenters. The number of phenols is 1. The second-order valence-electron chi connectivity index (χ2n) is 3.84. The molecule has 2 aromatic rings. The van der Waals surface area contributed by atoms with E-state index in [0.29, 0.717) is 20.6 Å². The van der Waals surface area contributed by atoms with Crippen molar-refractivity contribution in [3.05, 3.63) is 61.5 Å². The summed E-state index contributed by atoms with van der Waals surface area (Å²) < 4.78 is 1.37. The lowest BCUT2D eigenvalue weighted by atomic mass is 10.2. The van der Waals surface area contributed by atoms with Crippen molar-refractivity contribution in [1.82, 2.24) is 0 Å². The number of benzene rings is 2. The predicted molar refractivity (Wildman–Crippen MR) is 91.4 cm³/mol. The topological polar surface area (TPSA) is 87.2 Å². The standard InChI is InChI=1S/C7H5BrClNO.C7H6BrNO/c8-6-2-5(9)1-4(3-10)7(6)11;8-6-3-1-2-5(4-6)7(9)10/h1-3,10-11H;1-4H,(H2,9,10). The van der Waals surface area contributed by atoms with E-state index in [2.05, 4.69) is 31.9 Å². The third-order valence-corrected chi connectivity index (χ3v) is 3.64. The predicted octanol–water partition coefficient (Wildman–Crippen LogP) is 4.35. The van der Waals surface area contributed by atoms with Gasteiger partial charge in [0.15, 0.2) is 0 Å². The van der Waals surface area contributed by atoms with Gasteiger partial charge in [-0.2, -0.15) is 0 Å². The van der Waals surface area contributed by atoms with Crippen LogP contribution in [-0.4, -0.2) is 17.2 Å². The average Bonchev–Trinajstić information content (AvgIpc) is 2.43. The lowest BCUT2D eigenvalue weighted by Gasteiger charge is -2.00. The smallest absolute Gasteiger partial charge is 0.248 e. The molecule has 7 heteroatoms. The van der Waals surface area contributed by atoms with Gasteiger partial charge in [0.05, 0.1) is 4.47 Å². The first kappa shape index (κ1) is 17.7. The van der Waals surface area contributed by atoms with Crippen LogP contribution >= 0.6 is 43.5 Å². The number of nitrogens with one attached hydrogen (secondary N) is 1. The van der Waals surface area contributed by atoms with Crippen LogP contribution in [0.3, 0.4) is 0 Å². The summed E-state index contributed by atoms with van der Waals surface area (Å²) >= 11 is 12.0. The molecule has 0 heterocycles. The van der Waals surface area contributed by atoms with Crippen molar-refractivity contribution in [2.75, 3.05) is 0 Å². The van der Waals surface area contributed by atoms with Gasteiger partial charge >= 0.3 is 0 Å². The van der Waals surface area contributed by atoms with Crippen molar-refractivity contribution >= 4 is 55.6 Å². The van der Waals surface area contributed by atoms with Crippen LogP contribution in [0, 0.1) is 5.41 Å². The van der Waals surface area contributed by atoms with Crippen LogP contribution in [0.5, 0.6) is 5.75 Å². The molecule has 0 radical (unpaired) electrons. The van der Waals surface area contributed by atoms with Crippen LogP contribution in [0.2, 0.25) is 5.02 Å². The van der Waals surface area contributed by atoms with Crippen molar-refractivity contribution in [3.63, 3.8) is 0 Å². The first-order chi connectivity index (χ1) is 9.85. The zero-order valence-electron chi connectivity index (χ0n) is 10.6. The second kappa shape index (κ2) is 8.17. The Balaban J connectivity index is 0.000000211. The van der Waals surface area contributed by atoms with E-state index < -0.39 is 5.91 Å². The van der Waals surface area contributed by atoms with Crippen LogP contribution < -0.4 is 5.73 Å². The van der Waals surface area contributed by atoms with Crippen LogP contribution in [0.4, 0.5) is 0 Å². The molecule has 0 fully saturated rings. The molecule has 0 spiro atoms. The average molecular weight is 435 g/mol. The number of primary amides is 1. The van der Waals surface area contributed by atoms with Crippen LogP contribution in [-0.2, 0) is 0 Å². The molecule has 4 nitrogen and oxygen atoms in total. The molecule has 0 aliphatic rings. The number of halogens is 3. The Kier molecular flexibility index (Phi) is 6.87. The number of amides is 1. The third-order valence-electron chi connectivity index (χ3n) is 2.32. The van der Waals surface area contributed by atoms with E-state index >= 15 is 0 Å². The second-order valence-corrected chi connectivity index (χ2v) is 6.05. The van der Waals surface area contributed by atoms with Gasteiger partial charge in [-0.3, -0.25) is 4.79 Å². The van der Waals surface area contributed by atoms with Crippen LogP contribution in [0.25, 0.3) is 0 Å². The molecule has 0 aromatic heterocycles. The lowest BCUT2D eigenvalue weighted by molar-refractivity contribution is 0.1000. The minimum absolute atomic E-state index is 0.0457. The van der Waals surface area contributed by atoms with Gasteiger partial charge in [-0.15, -0.1) is 0 Å². The number of aromatic hydroxyl groups is 1. The van der Waals surface area contributed by atoms with Crippen LogP contribution in [0.1, 0.15) is 15.9 Å². The largest absolute Gasteiger partial charge is 0.506 e. The van der Waals surface area contributed by atoms with E-state index in [1.165, 1.54) is 6.07 Å². The van der Waals surface area contributed by atoms with Gasteiger partial charge in [-0.25, -0.2) is 0 Å². The summed E-state index contributed by atoms with van der Waals surface area (Å²) in [6.45, 7) is 0. The minimum atomic E-state index is -0.402. The number of hydrogen-bond acceptors (Lipinski definition) is 3. The van der Waals surface area contributed by atoms with E-state index in [9.17, 15) is 9.90 Å². The van der Waals surface area contributed by atoms with Crippen molar-refractivity contribution in [2.45, 2.75) is 0 Å². The Bertz CT molecular complexity index is 678. The number of phenolic OH excluding ortho intramolecular Hbond substituents is 1. The van der Waals surface area contributed by atoms with Gasteiger partial charge in [0, 0.05) is 26.8 Å². The summed E-state index contributed by atoms with van der Waals surface area (Å²) in [7, 11) is 0. The molecule has 110 valence electrons.